The first kappa shape index (κ1) is 10.5. The summed E-state index contributed by atoms with van der Waals surface area (Å²) >= 11 is 0. The van der Waals surface area contributed by atoms with Crippen LogP contribution in [0, 0.1) is 0 Å². The van der Waals surface area contributed by atoms with Crippen LogP contribution in [0.25, 0.3) is 0 Å². The molecule has 4 nitrogen and oxygen atoms in total. The highest BCUT2D eigenvalue weighted by Gasteiger charge is 2.12. The van der Waals surface area contributed by atoms with Gasteiger partial charge in [-0.2, -0.15) is 0 Å². The maximum atomic E-state index is 10.6. The van der Waals surface area contributed by atoms with Crippen molar-refractivity contribution in [2.45, 2.75) is 6.92 Å². The molecule has 0 aliphatic carbocycles. The molecule has 0 aromatic rings. The Kier molecular flexibility index (Phi) is 4.18. The summed E-state index contributed by atoms with van der Waals surface area (Å²) in [5, 5.41) is 2.81. The van der Waals surface area contributed by atoms with Crippen LogP contribution in [0.1, 0.15) is 6.92 Å². The fourth-order valence-electron chi connectivity index (χ4n) is 1.46. The number of nitrogens with one attached hydrogen (secondary N) is 1. The topological polar surface area (TPSA) is 35.6 Å². The van der Waals surface area contributed by atoms with E-state index in [2.05, 4.69) is 22.2 Å². The molecule has 1 heterocycles. The molecule has 1 rings (SSSR count). The first-order valence-corrected chi connectivity index (χ1v) is 4.84. The predicted molar refractivity (Wildman–Crippen MR) is 52.6 cm³/mol. The highest BCUT2D eigenvalue weighted by molar-refractivity contribution is 5.72. The molecule has 1 N–H and O–H groups in total. The van der Waals surface area contributed by atoms with Gasteiger partial charge >= 0.3 is 0 Å². The largest absolute Gasteiger partial charge is 0.355 e. The van der Waals surface area contributed by atoms with Crippen LogP contribution in [0.3, 0.4) is 0 Å². The van der Waals surface area contributed by atoms with Crippen LogP contribution in [-0.2, 0) is 4.79 Å². The van der Waals surface area contributed by atoms with Crippen LogP contribution in [0.15, 0.2) is 0 Å². The van der Waals surface area contributed by atoms with E-state index in [1.54, 1.807) is 6.92 Å². The van der Waals surface area contributed by atoms with Crippen molar-refractivity contribution in [3.63, 3.8) is 0 Å². The molecule has 76 valence electrons. The molecule has 13 heavy (non-hydrogen) atoms. The summed E-state index contributed by atoms with van der Waals surface area (Å²) in [4.78, 5) is 15.3. The number of hydrogen-bond acceptors (Lipinski definition) is 3. The minimum absolute atomic E-state index is 0.0640. The zero-order chi connectivity index (χ0) is 9.68. The Morgan fingerprint density at radius 3 is 2.46 bits per heavy atom. The molecule has 4 heteroatoms. The summed E-state index contributed by atoms with van der Waals surface area (Å²) in [7, 11) is 2.14. The smallest absolute Gasteiger partial charge is 0.216 e. The minimum atomic E-state index is 0.0640. The lowest BCUT2D eigenvalue weighted by atomic mass is 10.3. The summed E-state index contributed by atoms with van der Waals surface area (Å²) in [5.41, 5.74) is 0. The Bertz CT molecular complexity index is 164. The van der Waals surface area contributed by atoms with Crippen molar-refractivity contribution >= 4 is 5.91 Å². The quantitative estimate of drug-likeness (QED) is 0.636. The number of amides is 1. The number of hydrogen-bond donors (Lipinski definition) is 1. The Labute approximate surface area is 79.9 Å². The van der Waals surface area contributed by atoms with E-state index in [1.165, 1.54) is 0 Å². The number of rotatable bonds is 3. The van der Waals surface area contributed by atoms with Crippen LogP contribution in [0.2, 0.25) is 0 Å². The molecule has 1 saturated heterocycles. The monoisotopic (exact) mass is 185 g/mol. The SMILES string of the molecule is CC(=O)NCCN1CCN(C)CC1. The first-order chi connectivity index (χ1) is 6.18. The van der Waals surface area contributed by atoms with Crippen LogP contribution in [0.4, 0.5) is 0 Å². The predicted octanol–water partition coefficient (Wildman–Crippen LogP) is -0.630. The summed E-state index contributed by atoms with van der Waals surface area (Å²) in [6.07, 6.45) is 0. The van der Waals surface area contributed by atoms with Gasteiger partial charge in [0.15, 0.2) is 0 Å². The number of carbonyl (C=O) groups is 1. The van der Waals surface area contributed by atoms with E-state index in [0.717, 1.165) is 39.3 Å². The third-order valence-corrected chi connectivity index (χ3v) is 2.40. The molecule has 0 unspecified atom stereocenters. The molecule has 0 spiro atoms. The molecule has 1 fully saturated rings. The third kappa shape index (κ3) is 4.24. The third-order valence-electron chi connectivity index (χ3n) is 2.40. The normalized spacial score (nSPS) is 20.2. The lowest BCUT2D eigenvalue weighted by Gasteiger charge is -2.32. The van der Waals surface area contributed by atoms with Gasteiger partial charge in [0.2, 0.25) is 5.91 Å². The van der Waals surface area contributed by atoms with Crippen molar-refractivity contribution in [3.8, 4) is 0 Å². The molecule has 0 radical (unpaired) electrons. The minimum Gasteiger partial charge on any atom is -0.355 e. The van der Waals surface area contributed by atoms with Crippen LogP contribution < -0.4 is 5.32 Å². The highest BCUT2D eigenvalue weighted by Crippen LogP contribution is 1.97. The number of piperazine rings is 1. The van der Waals surface area contributed by atoms with E-state index in [4.69, 9.17) is 0 Å². The zero-order valence-electron chi connectivity index (χ0n) is 8.55. The Morgan fingerprint density at radius 1 is 1.31 bits per heavy atom. The zero-order valence-corrected chi connectivity index (χ0v) is 8.55. The molecule has 0 bridgehead atoms. The second-order valence-electron chi connectivity index (χ2n) is 3.63. The Balaban J connectivity index is 2.05. The standard InChI is InChI=1S/C9H19N3O/c1-9(13)10-3-4-12-7-5-11(2)6-8-12/h3-8H2,1-2H3,(H,10,13). The van der Waals surface area contributed by atoms with Crippen LogP contribution in [0.5, 0.6) is 0 Å². The van der Waals surface area contributed by atoms with E-state index < -0.39 is 0 Å². The van der Waals surface area contributed by atoms with Crippen molar-refractivity contribution in [1.82, 2.24) is 15.1 Å². The molecule has 1 aliphatic heterocycles. The lowest BCUT2D eigenvalue weighted by Crippen LogP contribution is -2.46. The average molecular weight is 185 g/mol. The first-order valence-electron chi connectivity index (χ1n) is 4.84. The second kappa shape index (κ2) is 5.19. The molecular formula is C9H19N3O. The Morgan fingerprint density at radius 2 is 1.92 bits per heavy atom. The fraction of sp³-hybridized carbons (Fsp3) is 0.889. The van der Waals surface area contributed by atoms with E-state index >= 15 is 0 Å². The average Bonchev–Trinajstić information content (AvgIpc) is 2.08. The van der Waals surface area contributed by atoms with E-state index in [0.29, 0.717) is 0 Å². The van der Waals surface area contributed by atoms with Gasteiger partial charge in [0.25, 0.3) is 0 Å². The molecule has 0 saturated carbocycles. The molecule has 1 amide bonds. The van der Waals surface area contributed by atoms with Crippen LogP contribution >= 0.6 is 0 Å². The van der Waals surface area contributed by atoms with Gasteiger partial charge in [-0.3, -0.25) is 9.69 Å². The number of carbonyl (C=O) groups excluding carboxylic acids is 1. The van der Waals surface area contributed by atoms with Gasteiger partial charge in [-0.15, -0.1) is 0 Å². The van der Waals surface area contributed by atoms with E-state index in [9.17, 15) is 4.79 Å². The van der Waals surface area contributed by atoms with Gasteiger partial charge in [0.05, 0.1) is 0 Å². The van der Waals surface area contributed by atoms with Crippen LogP contribution in [-0.4, -0.2) is 62.0 Å². The van der Waals surface area contributed by atoms with Crippen molar-refractivity contribution in [1.29, 1.82) is 0 Å². The van der Waals surface area contributed by atoms with Gasteiger partial charge in [-0.25, -0.2) is 0 Å². The summed E-state index contributed by atoms with van der Waals surface area (Å²) in [6.45, 7) is 7.84. The van der Waals surface area contributed by atoms with E-state index in [-0.39, 0.29) is 5.91 Å². The number of nitrogens with zero attached hydrogens (tertiary/aromatic N) is 2. The summed E-state index contributed by atoms with van der Waals surface area (Å²) < 4.78 is 0. The summed E-state index contributed by atoms with van der Waals surface area (Å²) in [5.74, 6) is 0.0640. The maximum absolute atomic E-state index is 10.6. The van der Waals surface area contributed by atoms with Crippen molar-refractivity contribution < 1.29 is 4.79 Å². The van der Waals surface area contributed by atoms with Gasteiger partial charge in [-0.05, 0) is 7.05 Å². The molecular weight excluding hydrogens is 166 g/mol. The van der Waals surface area contributed by atoms with Crippen molar-refractivity contribution in [3.05, 3.63) is 0 Å². The fourth-order valence-corrected chi connectivity index (χ4v) is 1.46. The van der Waals surface area contributed by atoms with Gasteiger partial charge in [0, 0.05) is 46.2 Å². The molecule has 1 aliphatic rings. The molecule has 0 aromatic heterocycles. The lowest BCUT2D eigenvalue weighted by molar-refractivity contribution is -0.119. The second-order valence-corrected chi connectivity index (χ2v) is 3.63. The van der Waals surface area contributed by atoms with Gasteiger partial charge < -0.3 is 10.2 Å². The Hall–Kier alpha value is -0.610. The maximum Gasteiger partial charge on any atom is 0.216 e. The highest BCUT2D eigenvalue weighted by atomic mass is 16.1. The number of likely N-dealkylation sites (N-methyl/N-ethyl adjacent to an activating group) is 1. The van der Waals surface area contributed by atoms with Crippen molar-refractivity contribution in [2.24, 2.45) is 0 Å². The van der Waals surface area contributed by atoms with Gasteiger partial charge in [-0.1, -0.05) is 0 Å². The summed E-state index contributed by atoms with van der Waals surface area (Å²) in [6, 6.07) is 0. The van der Waals surface area contributed by atoms with E-state index in [1.807, 2.05) is 0 Å². The van der Waals surface area contributed by atoms with Crippen molar-refractivity contribution in [2.75, 3.05) is 46.3 Å². The molecule has 0 atom stereocenters. The molecule has 0 aromatic carbocycles. The van der Waals surface area contributed by atoms with Gasteiger partial charge in [0.1, 0.15) is 0 Å².